The molecule has 2 rings (SSSR count). The second-order valence-corrected chi connectivity index (χ2v) is 5.35. The number of nitrogens with two attached hydrogens (primary N) is 1. The lowest BCUT2D eigenvalue weighted by Gasteiger charge is -2.34. The first kappa shape index (κ1) is 12.9. The summed E-state index contributed by atoms with van der Waals surface area (Å²) in [5.74, 6) is 0. The van der Waals surface area contributed by atoms with E-state index in [2.05, 4.69) is 46.1 Å². The minimum absolute atomic E-state index is 0.565. The summed E-state index contributed by atoms with van der Waals surface area (Å²) in [4.78, 5) is 2.34. The average molecular weight is 299 g/mol. The molecule has 0 unspecified atom stereocenters. The Labute approximate surface area is 111 Å². The molecule has 0 bridgehead atoms. The number of nitrogens with zero attached hydrogens (tertiary/aromatic N) is 1. The summed E-state index contributed by atoms with van der Waals surface area (Å²) in [5.41, 5.74) is 8.24. The number of hydrogen-bond donors (Lipinski definition) is 1. The standard InChI is InChI=1S/C13H19BrN2O/c1-16(12-4-6-17-7-5-12)13-3-2-11(14)8-10(13)9-15/h2-3,8,12H,4-7,9,15H2,1H3. The molecule has 3 nitrogen and oxygen atoms in total. The number of benzene rings is 1. The van der Waals surface area contributed by atoms with Crippen LogP contribution in [0.15, 0.2) is 22.7 Å². The number of hydrogen-bond acceptors (Lipinski definition) is 3. The minimum Gasteiger partial charge on any atom is -0.381 e. The first-order valence-corrected chi connectivity index (χ1v) is 6.80. The van der Waals surface area contributed by atoms with E-state index in [0.29, 0.717) is 12.6 Å². The van der Waals surface area contributed by atoms with Crippen LogP contribution in [-0.4, -0.2) is 26.3 Å². The Morgan fingerprint density at radius 2 is 2.12 bits per heavy atom. The number of halogens is 1. The van der Waals surface area contributed by atoms with Gasteiger partial charge in [-0.2, -0.15) is 0 Å². The zero-order chi connectivity index (χ0) is 12.3. The van der Waals surface area contributed by atoms with Crippen molar-refractivity contribution in [1.29, 1.82) is 0 Å². The third-order valence-corrected chi connectivity index (χ3v) is 3.87. The molecule has 94 valence electrons. The molecule has 0 amide bonds. The minimum atomic E-state index is 0.565. The van der Waals surface area contributed by atoms with E-state index in [-0.39, 0.29) is 0 Å². The molecular weight excluding hydrogens is 280 g/mol. The molecule has 0 radical (unpaired) electrons. The lowest BCUT2D eigenvalue weighted by Crippen LogP contribution is -2.37. The van der Waals surface area contributed by atoms with Gasteiger partial charge in [-0.05, 0) is 36.6 Å². The molecule has 1 heterocycles. The fraction of sp³-hybridized carbons (Fsp3) is 0.538. The monoisotopic (exact) mass is 298 g/mol. The van der Waals surface area contributed by atoms with Crippen molar-refractivity contribution in [2.75, 3.05) is 25.2 Å². The van der Waals surface area contributed by atoms with Gasteiger partial charge in [0.25, 0.3) is 0 Å². The van der Waals surface area contributed by atoms with E-state index in [4.69, 9.17) is 10.5 Å². The highest BCUT2D eigenvalue weighted by molar-refractivity contribution is 9.10. The Hall–Kier alpha value is -0.580. The second kappa shape index (κ2) is 5.85. The van der Waals surface area contributed by atoms with Gasteiger partial charge in [-0.25, -0.2) is 0 Å². The van der Waals surface area contributed by atoms with Gasteiger partial charge >= 0.3 is 0 Å². The molecule has 0 spiro atoms. The maximum Gasteiger partial charge on any atom is 0.0485 e. The van der Waals surface area contributed by atoms with Crippen molar-refractivity contribution in [1.82, 2.24) is 0 Å². The van der Waals surface area contributed by atoms with E-state index < -0.39 is 0 Å². The number of ether oxygens (including phenoxy) is 1. The van der Waals surface area contributed by atoms with Gasteiger partial charge in [-0.3, -0.25) is 0 Å². The largest absolute Gasteiger partial charge is 0.381 e. The van der Waals surface area contributed by atoms with E-state index in [0.717, 1.165) is 30.5 Å². The quantitative estimate of drug-likeness (QED) is 0.932. The molecule has 0 aliphatic carbocycles. The maximum absolute atomic E-state index is 5.81. The third kappa shape index (κ3) is 3.00. The maximum atomic E-state index is 5.81. The summed E-state index contributed by atoms with van der Waals surface area (Å²) < 4.78 is 6.49. The molecule has 1 aromatic rings. The number of rotatable bonds is 3. The van der Waals surface area contributed by atoms with E-state index in [1.54, 1.807) is 0 Å². The predicted octanol–water partition coefficient (Wildman–Crippen LogP) is 2.52. The van der Waals surface area contributed by atoms with Crippen LogP contribution in [0.3, 0.4) is 0 Å². The smallest absolute Gasteiger partial charge is 0.0485 e. The molecule has 4 heteroatoms. The van der Waals surface area contributed by atoms with Crippen LogP contribution in [0.5, 0.6) is 0 Å². The summed E-state index contributed by atoms with van der Waals surface area (Å²) >= 11 is 3.49. The SMILES string of the molecule is CN(c1ccc(Br)cc1CN)C1CCOCC1. The van der Waals surface area contributed by atoms with Crippen molar-refractivity contribution in [3.05, 3.63) is 28.2 Å². The van der Waals surface area contributed by atoms with Crippen molar-refractivity contribution in [2.24, 2.45) is 5.73 Å². The average Bonchev–Trinajstić information content (AvgIpc) is 2.39. The van der Waals surface area contributed by atoms with Gasteiger partial charge in [0.2, 0.25) is 0 Å². The Morgan fingerprint density at radius 3 is 2.76 bits per heavy atom. The van der Waals surface area contributed by atoms with E-state index >= 15 is 0 Å². The molecule has 1 aromatic carbocycles. The van der Waals surface area contributed by atoms with Gasteiger partial charge in [0, 0.05) is 43.0 Å². The van der Waals surface area contributed by atoms with Crippen LogP contribution < -0.4 is 10.6 Å². The van der Waals surface area contributed by atoms with Gasteiger partial charge in [-0.15, -0.1) is 0 Å². The molecule has 17 heavy (non-hydrogen) atoms. The van der Waals surface area contributed by atoms with Crippen molar-refractivity contribution in [3.8, 4) is 0 Å². The summed E-state index contributed by atoms with van der Waals surface area (Å²) in [6.45, 7) is 2.30. The topological polar surface area (TPSA) is 38.5 Å². The van der Waals surface area contributed by atoms with E-state index in [1.165, 1.54) is 11.3 Å². The van der Waals surface area contributed by atoms with Crippen LogP contribution in [0.2, 0.25) is 0 Å². The highest BCUT2D eigenvalue weighted by Crippen LogP contribution is 2.27. The van der Waals surface area contributed by atoms with Crippen LogP contribution in [0.1, 0.15) is 18.4 Å². The highest BCUT2D eigenvalue weighted by atomic mass is 79.9. The first-order chi connectivity index (χ1) is 8.22. The van der Waals surface area contributed by atoms with Crippen molar-refractivity contribution >= 4 is 21.6 Å². The molecule has 1 aliphatic rings. The van der Waals surface area contributed by atoms with Crippen LogP contribution in [0.25, 0.3) is 0 Å². The normalized spacial score (nSPS) is 17.1. The molecular formula is C13H19BrN2O. The molecule has 1 aliphatic heterocycles. The van der Waals surface area contributed by atoms with Crippen LogP contribution >= 0.6 is 15.9 Å². The van der Waals surface area contributed by atoms with Crippen molar-refractivity contribution in [2.45, 2.75) is 25.4 Å². The van der Waals surface area contributed by atoms with E-state index in [1.807, 2.05) is 0 Å². The van der Waals surface area contributed by atoms with Gasteiger partial charge in [-0.1, -0.05) is 15.9 Å². The fourth-order valence-electron chi connectivity index (χ4n) is 2.33. The summed E-state index contributed by atoms with van der Waals surface area (Å²) in [7, 11) is 2.15. The van der Waals surface area contributed by atoms with Crippen LogP contribution in [0, 0.1) is 0 Å². The van der Waals surface area contributed by atoms with E-state index in [9.17, 15) is 0 Å². The second-order valence-electron chi connectivity index (χ2n) is 4.43. The number of anilines is 1. The fourth-order valence-corrected chi connectivity index (χ4v) is 2.74. The molecule has 0 aromatic heterocycles. The lowest BCUT2D eigenvalue weighted by atomic mass is 10.0. The van der Waals surface area contributed by atoms with Gasteiger partial charge in [0.05, 0.1) is 0 Å². The summed E-state index contributed by atoms with van der Waals surface area (Å²) in [6, 6.07) is 6.88. The van der Waals surface area contributed by atoms with Crippen LogP contribution in [0.4, 0.5) is 5.69 Å². The molecule has 0 atom stereocenters. The lowest BCUT2D eigenvalue weighted by molar-refractivity contribution is 0.0854. The Morgan fingerprint density at radius 1 is 1.41 bits per heavy atom. The summed E-state index contributed by atoms with van der Waals surface area (Å²) in [5, 5.41) is 0. The van der Waals surface area contributed by atoms with Gasteiger partial charge in [0.15, 0.2) is 0 Å². The van der Waals surface area contributed by atoms with Crippen molar-refractivity contribution in [3.63, 3.8) is 0 Å². The zero-order valence-corrected chi connectivity index (χ0v) is 11.7. The van der Waals surface area contributed by atoms with Crippen molar-refractivity contribution < 1.29 is 4.74 Å². The molecule has 1 saturated heterocycles. The van der Waals surface area contributed by atoms with Crippen LogP contribution in [-0.2, 0) is 11.3 Å². The van der Waals surface area contributed by atoms with Gasteiger partial charge in [0.1, 0.15) is 0 Å². The molecule has 2 N–H and O–H groups in total. The zero-order valence-electron chi connectivity index (χ0n) is 10.2. The van der Waals surface area contributed by atoms with Gasteiger partial charge < -0.3 is 15.4 Å². The molecule has 0 saturated carbocycles. The summed E-state index contributed by atoms with van der Waals surface area (Å²) in [6.07, 6.45) is 2.19. The Kier molecular flexibility index (Phi) is 4.42. The third-order valence-electron chi connectivity index (χ3n) is 3.38. The molecule has 1 fully saturated rings. The highest BCUT2D eigenvalue weighted by Gasteiger charge is 2.20. The Bertz CT molecular complexity index is 378. The Balaban J connectivity index is 2.19. The first-order valence-electron chi connectivity index (χ1n) is 6.01. The predicted molar refractivity (Wildman–Crippen MR) is 74.3 cm³/mol.